The maximum Gasteiger partial charge on any atom is 0.239 e. The molecule has 2 aromatic rings. The molecule has 0 spiro atoms. The largest absolute Gasteiger partial charge is 0.496 e. The van der Waals surface area contributed by atoms with Gasteiger partial charge in [-0.2, -0.15) is 0 Å². The average Bonchev–Trinajstić information content (AvgIpc) is 2.64. The lowest BCUT2D eigenvalue weighted by molar-refractivity contribution is 0.411. The molecule has 84 valence electrons. The highest BCUT2D eigenvalue weighted by Gasteiger charge is 2.02. The summed E-state index contributed by atoms with van der Waals surface area (Å²) >= 11 is 0. The summed E-state index contributed by atoms with van der Waals surface area (Å²) in [5, 5.41) is 4.03. The summed E-state index contributed by atoms with van der Waals surface area (Å²) in [5.41, 5.74) is 7.69. The third kappa shape index (κ3) is 2.13. The lowest BCUT2D eigenvalue weighted by Crippen LogP contribution is -2.01. The van der Waals surface area contributed by atoms with Gasteiger partial charge < -0.3 is 10.5 Å². The summed E-state index contributed by atoms with van der Waals surface area (Å²) in [6.45, 7) is 2.67. The minimum absolute atomic E-state index is 0.297. The summed E-state index contributed by atoms with van der Waals surface area (Å²) in [5.74, 6) is 1.19. The number of hydrogen-bond donors (Lipinski definition) is 1. The fraction of sp³-hybridized carbons (Fsp3) is 0.273. The van der Waals surface area contributed by atoms with E-state index in [-0.39, 0.29) is 0 Å². The van der Waals surface area contributed by atoms with Crippen LogP contribution < -0.4 is 10.5 Å². The normalized spacial score (nSPS) is 10.4. The summed E-state index contributed by atoms with van der Waals surface area (Å²) in [6.07, 6.45) is 1.62. The zero-order chi connectivity index (χ0) is 11.5. The molecule has 16 heavy (non-hydrogen) atoms. The number of anilines is 1. The zero-order valence-corrected chi connectivity index (χ0v) is 9.34. The van der Waals surface area contributed by atoms with Crippen LogP contribution in [0.4, 0.5) is 5.95 Å². The van der Waals surface area contributed by atoms with Crippen LogP contribution in [-0.2, 0) is 6.54 Å². The number of nitrogen functional groups attached to an aromatic ring is 1. The predicted molar refractivity (Wildman–Crippen MR) is 61.3 cm³/mol. The molecule has 0 amide bonds. The quantitative estimate of drug-likeness (QED) is 0.841. The Morgan fingerprint density at radius 1 is 1.44 bits per heavy atom. The minimum atomic E-state index is 0.297. The third-order valence-corrected chi connectivity index (χ3v) is 2.36. The molecule has 0 bridgehead atoms. The van der Waals surface area contributed by atoms with Crippen molar-refractivity contribution in [2.45, 2.75) is 13.5 Å². The monoisotopic (exact) mass is 218 g/mol. The zero-order valence-electron chi connectivity index (χ0n) is 9.34. The second-order valence-corrected chi connectivity index (χ2v) is 3.60. The van der Waals surface area contributed by atoms with Crippen molar-refractivity contribution in [3.8, 4) is 5.75 Å². The first-order valence-electron chi connectivity index (χ1n) is 4.97. The van der Waals surface area contributed by atoms with E-state index in [0.29, 0.717) is 12.5 Å². The molecule has 2 rings (SSSR count). The number of aryl methyl sites for hydroxylation is 1. The van der Waals surface area contributed by atoms with E-state index in [0.717, 1.165) is 16.9 Å². The maximum atomic E-state index is 5.44. The van der Waals surface area contributed by atoms with E-state index in [1.54, 1.807) is 18.1 Å². The molecule has 0 saturated heterocycles. The van der Waals surface area contributed by atoms with Crippen LogP contribution >= 0.6 is 0 Å². The molecule has 0 saturated carbocycles. The second kappa shape index (κ2) is 4.22. The molecule has 0 unspecified atom stereocenters. The summed E-state index contributed by atoms with van der Waals surface area (Å²) < 4.78 is 6.90. The van der Waals surface area contributed by atoms with Crippen molar-refractivity contribution < 1.29 is 4.74 Å². The molecule has 0 aliphatic heterocycles. The van der Waals surface area contributed by atoms with Crippen LogP contribution in [0.3, 0.4) is 0 Å². The van der Waals surface area contributed by atoms with Crippen molar-refractivity contribution in [2.75, 3.05) is 12.8 Å². The second-order valence-electron chi connectivity index (χ2n) is 3.60. The number of aromatic nitrogens is 3. The number of ether oxygens (including phenoxy) is 1. The van der Waals surface area contributed by atoms with Gasteiger partial charge in [0.05, 0.1) is 13.7 Å². The van der Waals surface area contributed by atoms with Gasteiger partial charge in [0.1, 0.15) is 12.1 Å². The number of hydrogen-bond acceptors (Lipinski definition) is 4. The topological polar surface area (TPSA) is 66.0 Å². The van der Waals surface area contributed by atoms with Crippen molar-refractivity contribution in [3.05, 3.63) is 35.7 Å². The Kier molecular flexibility index (Phi) is 2.76. The molecule has 5 nitrogen and oxygen atoms in total. The molecular formula is C11H14N4O. The van der Waals surface area contributed by atoms with Gasteiger partial charge in [-0.05, 0) is 24.1 Å². The lowest BCUT2D eigenvalue weighted by atomic mass is 10.1. The summed E-state index contributed by atoms with van der Waals surface area (Å²) in [7, 11) is 1.67. The van der Waals surface area contributed by atoms with Crippen LogP contribution in [0.2, 0.25) is 0 Å². The van der Waals surface area contributed by atoms with E-state index in [2.05, 4.69) is 16.1 Å². The SMILES string of the molecule is COc1ccc(Cn2cnc(N)n2)cc1C. The molecule has 1 aromatic carbocycles. The number of nitrogens with zero attached hydrogens (tertiary/aromatic N) is 3. The highest BCUT2D eigenvalue weighted by Crippen LogP contribution is 2.18. The van der Waals surface area contributed by atoms with Gasteiger partial charge in [-0.15, -0.1) is 5.10 Å². The first-order valence-corrected chi connectivity index (χ1v) is 4.97. The van der Waals surface area contributed by atoms with Gasteiger partial charge in [0.15, 0.2) is 0 Å². The first-order chi connectivity index (χ1) is 7.69. The molecule has 2 N–H and O–H groups in total. The van der Waals surface area contributed by atoms with Crippen LogP contribution in [0.25, 0.3) is 0 Å². The Morgan fingerprint density at radius 3 is 2.81 bits per heavy atom. The minimum Gasteiger partial charge on any atom is -0.496 e. The van der Waals surface area contributed by atoms with E-state index in [1.807, 2.05) is 19.1 Å². The maximum absolute atomic E-state index is 5.44. The molecule has 1 aromatic heterocycles. The fourth-order valence-corrected chi connectivity index (χ4v) is 1.61. The standard InChI is InChI=1S/C11H14N4O/c1-8-5-9(3-4-10(8)16-2)6-15-7-13-11(12)14-15/h3-5,7H,6H2,1-2H3,(H2,12,14). The molecule has 0 atom stereocenters. The Hall–Kier alpha value is -2.04. The van der Waals surface area contributed by atoms with Gasteiger partial charge >= 0.3 is 0 Å². The molecule has 0 aliphatic rings. The lowest BCUT2D eigenvalue weighted by Gasteiger charge is -2.07. The molecular weight excluding hydrogens is 204 g/mol. The Balaban J connectivity index is 2.19. The molecule has 0 radical (unpaired) electrons. The number of benzene rings is 1. The molecule has 1 heterocycles. The van der Waals surface area contributed by atoms with Gasteiger partial charge in [-0.25, -0.2) is 9.67 Å². The van der Waals surface area contributed by atoms with Gasteiger partial charge in [-0.3, -0.25) is 0 Å². The Labute approximate surface area is 93.9 Å². The Bertz CT molecular complexity index is 492. The van der Waals surface area contributed by atoms with Crippen LogP contribution in [0.5, 0.6) is 5.75 Å². The van der Waals surface area contributed by atoms with Crippen LogP contribution in [-0.4, -0.2) is 21.9 Å². The van der Waals surface area contributed by atoms with E-state index < -0.39 is 0 Å². The number of rotatable bonds is 3. The Morgan fingerprint density at radius 2 is 2.25 bits per heavy atom. The van der Waals surface area contributed by atoms with Crippen LogP contribution in [0, 0.1) is 6.92 Å². The highest BCUT2D eigenvalue weighted by atomic mass is 16.5. The van der Waals surface area contributed by atoms with Crippen molar-refractivity contribution in [1.29, 1.82) is 0 Å². The molecule has 5 heteroatoms. The molecule has 0 aliphatic carbocycles. The number of methoxy groups -OCH3 is 1. The number of nitrogens with two attached hydrogens (primary N) is 1. The van der Waals surface area contributed by atoms with Crippen molar-refractivity contribution in [3.63, 3.8) is 0 Å². The fourth-order valence-electron chi connectivity index (χ4n) is 1.61. The highest BCUT2D eigenvalue weighted by molar-refractivity contribution is 5.36. The van der Waals surface area contributed by atoms with Crippen molar-refractivity contribution in [2.24, 2.45) is 0 Å². The summed E-state index contributed by atoms with van der Waals surface area (Å²) in [4.78, 5) is 3.87. The van der Waals surface area contributed by atoms with Crippen molar-refractivity contribution >= 4 is 5.95 Å². The molecule has 0 fully saturated rings. The summed E-state index contributed by atoms with van der Waals surface area (Å²) in [6, 6.07) is 6.02. The van der Waals surface area contributed by atoms with E-state index >= 15 is 0 Å². The van der Waals surface area contributed by atoms with Gasteiger partial charge in [0.25, 0.3) is 0 Å². The smallest absolute Gasteiger partial charge is 0.239 e. The van der Waals surface area contributed by atoms with Crippen LogP contribution in [0.15, 0.2) is 24.5 Å². The average molecular weight is 218 g/mol. The van der Waals surface area contributed by atoms with Gasteiger partial charge in [-0.1, -0.05) is 12.1 Å². The van der Waals surface area contributed by atoms with Crippen LogP contribution in [0.1, 0.15) is 11.1 Å². The van der Waals surface area contributed by atoms with Crippen molar-refractivity contribution in [1.82, 2.24) is 14.8 Å². The third-order valence-electron chi connectivity index (χ3n) is 2.36. The van der Waals surface area contributed by atoms with Gasteiger partial charge in [0, 0.05) is 0 Å². The predicted octanol–water partition coefficient (Wildman–Crippen LogP) is 1.23. The van der Waals surface area contributed by atoms with E-state index in [4.69, 9.17) is 10.5 Å². The first kappa shape index (κ1) is 10.5. The van der Waals surface area contributed by atoms with E-state index in [9.17, 15) is 0 Å². The van der Waals surface area contributed by atoms with E-state index in [1.165, 1.54) is 0 Å². The van der Waals surface area contributed by atoms with Gasteiger partial charge in [0.2, 0.25) is 5.95 Å².